The van der Waals surface area contributed by atoms with Crippen molar-refractivity contribution in [1.82, 2.24) is 0 Å². The van der Waals surface area contributed by atoms with Crippen molar-refractivity contribution in [2.24, 2.45) is 12.5 Å². The van der Waals surface area contributed by atoms with E-state index in [4.69, 9.17) is 14.2 Å². The van der Waals surface area contributed by atoms with Crippen LogP contribution in [0.3, 0.4) is 0 Å². The Morgan fingerprint density at radius 1 is 0.815 bits per heavy atom. The SMILES string of the molecule is COCCN1/C(=C/C=C2\CCC(/C=C/C3=[N+](CCOC)c4ccc(C)cc4C3(C)C)=C2OC(c2cc[n+](C)cc2)C(C)(C)C)C(C)(C)c2cc(C)ccc21. The second kappa shape index (κ2) is 15.5. The zero-order valence-electron chi connectivity index (χ0n) is 35.0. The van der Waals surface area contributed by atoms with Crippen LogP contribution in [0.15, 0.2) is 108 Å². The van der Waals surface area contributed by atoms with Crippen LogP contribution in [0.1, 0.15) is 95.2 Å². The van der Waals surface area contributed by atoms with Crippen molar-refractivity contribution in [2.45, 2.75) is 92.1 Å². The summed E-state index contributed by atoms with van der Waals surface area (Å²) >= 11 is 0. The Kier molecular flexibility index (Phi) is 11.3. The minimum Gasteiger partial charge on any atom is -0.485 e. The lowest BCUT2D eigenvalue weighted by molar-refractivity contribution is -0.671. The number of rotatable bonds is 12. The molecule has 0 amide bonds. The van der Waals surface area contributed by atoms with Crippen molar-refractivity contribution in [3.8, 4) is 0 Å². The van der Waals surface area contributed by atoms with Crippen LogP contribution >= 0.6 is 0 Å². The van der Waals surface area contributed by atoms with Gasteiger partial charge in [0.25, 0.3) is 0 Å². The van der Waals surface area contributed by atoms with E-state index < -0.39 is 0 Å². The Labute approximate surface area is 325 Å². The maximum atomic E-state index is 7.35. The number of pyridine rings is 1. The van der Waals surface area contributed by atoms with Crippen molar-refractivity contribution >= 4 is 17.1 Å². The van der Waals surface area contributed by atoms with Crippen molar-refractivity contribution in [3.05, 3.63) is 136 Å². The highest BCUT2D eigenvalue weighted by Gasteiger charge is 2.45. The van der Waals surface area contributed by atoms with Gasteiger partial charge < -0.3 is 19.1 Å². The molecule has 0 fully saturated rings. The number of fused-ring (bicyclic) bond motifs is 2. The Hall–Kier alpha value is -4.26. The van der Waals surface area contributed by atoms with Gasteiger partial charge in [-0.2, -0.15) is 4.58 Å². The first-order valence-electron chi connectivity index (χ1n) is 19.7. The molecule has 2 aliphatic heterocycles. The smallest absolute Gasteiger partial charge is 0.209 e. The molecule has 0 N–H and O–H groups in total. The van der Waals surface area contributed by atoms with Gasteiger partial charge in [0, 0.05) is 78.4 Å². The lowest BCUT2D eigenvalue weighted by Gasteiger charge is -2.32. The predicted octanol–water partition coefficient (Wildman–Crippen LogP) is 9.81. The van der Waals surface area contributed by atoms with E-state index in [1.807, 2.05) is 0 Å². The summed E-state index contributed by atoms with van der Waals surface area (Å²) in [6.07, 6.45) is 15.3. The van der Waals surface area contributed by atoms with E-state index in [2.05, 4.69) is 169 Å². The molecular formula is C48H63N3O3+2. The number of methoxy groups -OCH3 is 2. The average molecular weight is 730 g/mol. The number of nitrogens with zero attached hydrogens (tertiary/aromatic N) is 3. The molecule has 6 heteroatoms. The van der Waals surface area contributed by atoms with Crippen LogP contribution in [0.5, 0.6) is 0 Å². The van der Waals surface area contributed by atoms with Crippen molar-refractivity contribution in [3.63, 3.8) is 0 Å². The molecule has 0 spiro atoms. The third-order valence-corrected chi connectivity index (χ3v) is 11.6. The molecule has 1 aromatic heterocycles. The van der Waals surface area contributed by atoms with Crippen LogP contribution in [-0.4, -0.2) is 50.8 Å². The van der Waals surface area contributed by atoms with Gasteiger partial charge >= 0.3 is 0 Å². The van der Waals surface area contributed by atoms with E-state index in [1.54, 1.807) is 14.2 Å². The van der Waals surface area contributed by atoms with Gasteiger partial charge in [-0.25, -0.2) is 4.57 Å². The molecule has 6 rings (SSSR count). The molecule has 1 aliphatic carbocycles. The highest BCUT2D eigenvalue weighted by molar-refractivity contribution is 6.03. The van der Waals surface area contributed by atoms with Crippen LogP contribution in [0.25, 0.3) is 0 Å². The quantitative estimate of drug-likeness (QED) is 0.174. The van der Waals surface area contributed by atoms with Gasteiger partial charge in [0.05, 0.1) is 12.0 Å². The number of hydrogen-bond donors (Lipinski definition) is 0. The molecule has 286 valence electrons. The number of ether oxygens (including phenoxy) is 3. The van der Waals surface area contributed by atoms with Crippen molar-refractivity contribution in [2.75, 3.05) is 45.4 Å². The lowest BCUT2D eigenvalue weighted by atomic mass is 9.80. The number of aromatic nitrogens is 1. The van der Waals surface area contributed by atoms with Crippen LogP contribution in [0, 0.1) is 19.3 Å². The first-order chi connectivity index (χ1) is 25.6. The molecule has 3 heterocycles. The summed E-state index contributed by atoms with van der Waals surface area (Å²) in [7, 11) is 5.63. The molecule has 1 atom stereocenters. The topological polar surface area (TPSA) is 37.8 Å². The summed E-state index contributed by atoms with van der Waals surface area (Å²) in [5.41, 5.74) is 13.6. The fraction of sp³-hybridized carbons (Fsp3) is 0.458. The summed E-state index contributed by atoms with van der Waals surface area (Å²) in [4.78, 5) is 2.45. The van der Waals surface area contributed by atoms with Crippen LogP contribution in [0.2, 0.25) is 0 Å². The largest absolute Gasteiger partial charge is 0.485 e. The van der Waals surface area contributed by atoms with Gasteiger partial charge in [-0.05, 0) is 81.5 Å². The predicted molar refractivity (Wildman–Crippen MR) is 222 cm³/mol. The summed E-state index contributed by atoms with van der Waals surface area (Å²) in [6, 6.07) is 18.1. The van der Waals surface area contributed by atoms with E-state index >= 15 is 0 Å². The van der Waals surface area contributed by atoms with Crippen LogP contribution in [0.4, 0.5) is 11.4 Å². The Morgan fingerprint density at radius 3 is 2.15 bits per heavy atom. The highest BCUT2D eigenvalue weighted by Crippen LogP contribution is 2.49. The monoisotopic (exact) mass is 729 g/mol. The lowest BCUT2D eigenvalue weighted by Crippen LogP contribution is -2.29. The minimum absolute atomic E-state index is 0.138. The molecule has 0 radical (unpaired) electrons. The van der Waals surface area contributed by atoms with E-state index in [0.717, 1.165) is 31.7 Å². The van der Waals surface area contributed by atoms with Crippen LogP contribution < -0.4 is 9.47 Å². The summed E-state index contributed by atoms with van der Waals surface area (Å²) in [5.74, 6) is 0.997. The Morgan fingerprint density at radius 2 is 1.48 bits per heavy atom. The normalized spacial score (nSPS) is 19.8. The molecule has 3 aromatic rings. The van der Waals surface area contributed by atoms with E-state index in [9.17, 15) is 0 Å². The summed E-state index contributed by atoms with van der Waals surface area (Å²) < 4.78 is 23.1. The molecule has 3 aliphatic rings. The summed E-state index contributed by atoms with van der Waals surface area (Å²) in [6.45, 7) is 23.5. The molecule has 0 saturated carbocycles. The van der Waals surface area contributed by atoms with Crippen LogP contribution in [-0.2, 0) is 32.1 Å². The molecule has 0 saturated heterocycles. The van der Waals surface area contributed by atoms with Gasteiger partial charge in [0.15, 0.2) is 24.7 Å². The van der Waals surface area contributed by atoms with E-state index in [-0.39, 0.29) is 22.3 Å². The van der Waals surface area contributed by atoms with Gasteiger partial charge in [0.1, 0.15) is 25.5 Å². The number of anilines is 1. The highest BCUT2D eigenvalue weighted by atomic mass is 16.5. The van der Waals surface area contributed by atoms with E-state index in [1.165, 1.54) is 61.7 Å². The maximum Gasteiger partial charge on any atom is 0.209 e. The number of benzene rings is 2. The Balaban J connectivity index is 1.48. The molecule has 6 nitrogen and oxygen atoms in total. The summed E-state index contributed by atoms with van der Waals surface area (Å²) in [5, 5.41) is 0. The molecule has 1 unspecified atom stereocenters. The van der Waals surface area contributed by atoms with Gasteiger partial charge in [-0.1, -0.05) is 70.0 Å². The van der Waals surface area contributed by atoms with Crippen molar-refractivity contribution < 1.29 is 23.4 Å². The molecule has 2 aromatic carbocycles. The minimum atomic E-state index is -0.157. The van der Waals surface area contributed by atoms with Crippen molar-refractivity contribution in [1.29, 1.82) is 0 Å². The third kappa shape index (κ3) is 7.65. The second-order valence-electron chi connectivity index (χ2n) is 17.6. The maximum absolute atomic E-state index is 7.35. The average Bonchev–Trinajstić information content (AvgIpc) is 3.67. The van der Waals surface area contributed by atoms with E-state index in [0.29, 0.717) is 13.2 Å². The standard InChI is InChI=1S/C48H63N3O3/c1-33-13-19-40-38(31-33)47(6,7)42(50(40)27-29-52-11)21-17-35-15-16-36(44(35)54-45(46(3,4)5)37-23-25-49(10)26-24-37)18-22-43-48(8,9)39-32-34(2)14-20-41(39)51(43)28-30-53-12/h13-14,17-26,31-32,45H,15-16,27-30H2,1-12H3/q+2. The van der Waals surface area contributed by atoms with Gasteiger partial charge in [-0.15, -0.1) is 0 Å². The number of hydrogen-bond acceptors (Lipinski definition) is 4. The number of aryl methyl sites for hydroxylation is 3. The Bertz CT molecular complexity index is 2040. The van der Waals surface area contributed by atoms with Gasteiger partial charge in [0.2, 0.25) is 5.69 Å². The molecular weight excluding hydrogens is 667 g/mol. The third-order valence-electron chi connectivity index (χ3n) is 11.6. The first-order valence-corrected chi connectivity index (χ1v) is 19.7. The zero-order chi connectivity index (χ0) is 39.0. The number of allylic oxidation sites excluding steroid dienone is 7. The van der Waals surface area contributed by atoms with Gasteiger partial charge in [-0.3, -0.25) is 0 Å². The molecule has 0 bridgehead atoms. The first kappa shape index (κ1) is 39.4. The fourth-order valence-electron chi connectivity index (χ4n) is 8.51. The zero-order valence-corrected chi connectivity index (χ0v) is 35.0. The fourth-order valence-corrected chi connectivity index (χ4v) is 8.51. The molecule has 54 heavy (non-hydrogen) atoms. The second-order valence-corrected chi connectivity index (χ2v) is 17.6.